The summed E-state index contributed by atoms with van der Waals surface area (Å²) in [6.07, 6.45) is 3.11. The Morgan fingerprint density at radius 2 is 2.04 bits per heavy atom. The van der Waals surface area contributed by atoms with Crippen LogP contribution in [0.3, 0.4) is 0 Å². The zero-order valence-electron chi connectivity index (χ0n) is 16.6. The molecule has 2 saturated heterocycles. The maximum absolute atomic E-state index is 12.9. The van der Waals surface area contributed by atoms with Gasteiger partial charge in [-0.1, -0.05) is 30.3 Å². The molecule has 3 heterocycles. The molecule has 2 aromatic rings. The van der Waals surface area contributed by atoms with E-state index < -0.39 is 0 Å². The SMILES string of the molecule is Cc1cc(C)n(CCNC(=O)[C@H]2C[C@@H](c3ccccc3)N3CCC[C@H]23)c(=O)n1. The molecule has 2 aliphatic rings. The van der Waals surface area contributed by atoms with Gasteiger partial charge in [0, 0.05) is 36.6 Å². The quantitative estimate of drug-likeness (QED) is 0.864. The Morgan fingerprint density at radius 1 is 1.25 bits per heavy atom. The van der Waals surface area contributed by atoms with Crippen molar-refractivity contribution in [2.75, 3.05) is 13.1 Å². The van der Waals surface area contributed by atoms with Crippen molar-refractivity contribution in [2.24, 2.45) is 5.92 Å². The molecule has 0 aliphatic carbocycles. The molecule has 2 fully saturated rings. The van der Waals surface area contributed by atoms with Crippen molar-refractivity contribution in [3.8, 4) is 0 Å². The molecule has 0 unspecified atom stereocenters. The summed E-state index contributed by atoms with van der Waals surface area (Å²) >= 11 is 0. The Labute approximate surface area is 165 Å². The Morgan fingerprint density at radius 3 is 2.79 bits per heavy atom. The summed E-state index contributed by atoms with van der Waals surface area (Å²) in [4.78, 5) is 31.5. The first-order valence-electron chi connectivity index (χ1n) is 10.2. The van der Waals surface area contributed by atoms with Crippen molar-refractivity contribution in [3.05, 3.63) is 63.8 Å². The average molecular weight is 380 g/mol. The molecule has 3 atom stereocenters. The molecule has 6 nitrogen and oxygen atoms in total. The van der Waals surface area contributed by atoms with E-state index in [-0.39, 0.29) is 17.5 Å². The number of hydrogen-bond acceptors (Lipinski definition) is 4. The van der Waals surface area contributed by atoms with E-state index in [1.165, 1.54) is 5.56 Å². The maximum atomic E-state index is 12.9. The highest BCUT2D eigenvalue weighted by atomic mass is 16.2. The molecular weight excluding hydrogens is 352 g/mol. The average Bonchev–Trinajstić information content (AvgIpc) is 3.27. The fourth-order valence-electron chi connectivity index (χ4n) is 4.92. The molecule has 1 aromatic carbocycles. The first-order chi connectivity index (χ1) is 13.5. The fourth-order valence-corrected chi connectivity index (χ4v) is 4.92. The molecule has 2 aliphatic heterocycles. The summed E-state index contributed by atoms with van der Waals surface area (Å²) in [5.74, 6) is 0.128. The summed E-state index contributed by atoms with van der Waals surface area (Å²) in [6, 6.07) is 13.1. The van der Waals surface area contributed by atoms with Gasteiger partial charge in [0.05, 0.1) is 5.92 Å². The van der Waals surface area contributed by atoms with Crippen molar-refractivity contribution < 1.29 is 4.79 Å². The second-order valence-electron chi connectivity index (χ2n) is 7.98. The second kappa shape index (κ2) is 7.87. The molecule has 0 saturated carbocycles. The zero-order valence-corrected chi connectivity index (χ0v) is 16.6. The maximum Gasteiger partial charge on any atom is 0.348 e. The van der Waals surface area contributed by atoms with E-state index in [1.807, 2.05) is 26.0 Å². The summed E-state index contributed by atoms with van der Waals surface area (Å²) in [6.45, 7) is 5.68. The van der Waals surface area contributed by atoms with Crippen LogP contribution < -0.4 is 11.0 Å². The van der Waals surface area contributed by atoms with Gasteiger partial charge in [-0.25, -0.2) is 4.79 Å². The van der Waals surface area contributed by atoms with E-state index in [9.17, 15) is 9.59 Å². The van der Waals surface area contributed by atoms with Crippen LogP contribution in [0.1, 0.15) is 42.3 Å². The lowest BCUT2D eigenvalue weighted by molar-refractivity contribution is -0.125. The molecular formula is C22H28N4O2. The molecule has 4 rings (SSSR count). The van der Waals surface area contributed by atoms with Crippen LogP contribution in [0.15, 0.2) is 41.2 Å². The topological polar surface area (TPSA) is 67.2 Å². The van der Waals surface area contributed by atoms with Gasteiger partial charge in [0.1, 0.15) is 0 Å². The van der Waals surface area contributed by atoms with E-state index in [1.54, 1.807) is 4.57 Å². The molecule has 1 amide bonds. The molecule has 6 heteroatoms. The number of carbonyl (C=O) groups is 1. The second-order valence-corrected chi connectivity index (χ2v) is 7.98. The lowest BCUT2D eigenvalue weighted by atomic mass is 9.93. The van der Waals surface area contributed by atoms with Gasteiger partial charge >= 0.3 is 5.69 Å². The highest BCUT2D eigenvalue weighted by Crippen LogP contribution is 2.44. The number of fused-ring (bicyclic) bond motifs is 1. The fraction of sp³-hybridized carbons (Fsp3) is 0.500. The van der Waals surface area contributed by atoms with Gasteiger partial charge in [0.25, 0.3) is 0 Å². The monoisotopic (exact) mass is 380 g/mol. The molecule has 0 bridgehead atoms. The molecule has 0 spiro atoms. The first kappa shape index (κ1) is 18.9. The van der Waals surface area contributed by atoms with E-state index in [2.05, 4.69) is 39.5 Å². The van der Waals surface area contributed by atoms with Gasteiger partial charge < -0.3 is 5.32 Å². The van der Waals surface area contributed by atoms with Crippen molar-refractivity contribution in [2.45, 2.75) is 51.7 Å². The van der Waals surface area contributed by atoms with E-state index in [4.69, 9.17) is 0 Å². The number of aryl methyl sites for hydroxylation is 2. The van der Waals surface area contributed by atoms with Gasteiger partial charge in [0.2, 0.25) is 5.91 Å². The van der Waals surface area contributed by atoms with E-state index in [0.717, 1.165) is 37.2 Å². The highest BCUT2D eigenvalue weighted by molar-refractivity contribution is 5.80. The Bertz CT molecular complexity index is 908. The number of carbonyl (C=O) groups excluding carboxylic acids is 1. The van der Waals surface area contributed by atoms with Gasteiger partial charge in [-0.15, -0.1) is 0 Å². The highest BCUT2D eigenvalue weighted by Gasteiger charge is 2.46. The number of nitrogens with one attached hydrogen (secondary N) is 1. The predicted octanol–water partition coefficient (Wildman–Crippen LogP) is 2.20. The van der Waals surface area contributed by atoms with Crippen molar-refractivity contribution in [1.82, 2.24) is 19.8 Å². The van der Waals surface area contributed by atoms with Gasteiger partial charge in [0.15, 0.2) is 0 Å². The standard InChI is InChI=1S/C22H28N4O2/c1-15-13-16(2)25(22(28)24-15)12-10-23-21(27)18-14-20(17-7-4-3-5-8-17)26-11-6-9-19(18)26/h3-5,7-8,13,18-20H,6,9-12,14H2,1-2H3,(H,23,27)/t18-,19+,20-/m0/s1. The van der Waals surface area contributed by atoms with Gasteiger partial charge in [-0.3, -0.25) is 14.3 Å². The van der Waals surface area contributed by atoms with E-state index in [0.29, 0.717) is 25.2 Å². The molecule has 28 heavy (non-hydrogen) atoms. The largest absolute Gasteiger partial charge is 0.354 e. The zero-order chi connectivity index (χ0) is 19.7. The Balaban J connectivity index is 1.40. The van der Waals surface area contributed by atoms with Crippen molar-refractivity contribution in [3.63, 3.8) is 0 Å². The minimum absolute atomic E-state index is 0.0154. The van der Waals surface area contributed by atoms with Crippen molar-refractivity contribution >= 4 is 5.91 Å². The first-order valence-corrected chi connectivity index (χ1v) is 10.2. The summed E-state index contributed by atoms with van der Waals surface area (Å²) in [7, 11) is 0. The van der Waals surface area contributed by atoms with Crippen LogP contribution in [-0.2, 0) is 11.3 Å². The third-order valence-electron chi connectivity index (χ3n) is 6.19. The number of hydrogen-bond donors (Lipinski definition) is 1. The van der Waals surface area contributed by atoms with Gasteiger partial charge in [-0.2, -0.15) is 4.98 Å². The number of benzene rings is 1. The van der Waals surface area contributed by atoms with Crippen LogP contribution >= 0.6 is 0 Å². The lowest BCUT2D eigenvalue weighted by Crippen LogP contribution is -2.39. The summed E-state index contributed by atoms with van der Waals surface area (Å²) in [5, 5.41) is 3.07. The van der Waals surface area contributed by atoms with Crippen LogP contribution in [0, 0.1) is 19.8 Å². The van der Waals surface area contributed by atoms with Crippen LogP contribution in [-0.4, -0.2) is 39.5 Å². The van der Waals surface area contributed by atoms with Crippen molar-refractivity contribution in [1.29, 1.82) is 0 Å². The van der Waals surface area contributed by atoms with Crippen LogP contribution in [0.4, 0.5) is 0 Å². The number of rotatable bonds is 5. The molecule has 0 radical (unpaired) electrons. The third kappa shape index (κ3) is 3.61. The smallest absolute Gasteiger partial charge is 0.348 e. The van der Waals surface area contributed by atoms with Crippen LogP contribution in [0.5, 0.6) is 0 Å². The number of amides is 1. The molecule has 1 aromatic heterocycles. The lowest BCUT2D eigenvalue weighted by Gasteiger charge is -2.24. The predicted molar refractivity (Wildman–Crippen MR) is 108 cm³/mol. The van der Waals surface area contributed by atoms with Crippen LogP contribution in [0.25, 0.3) is 0 Å². The minimum atomic E-state index is -0.251. The van der Waals surface area contributed by atoms with Gasteiger partial charge in [-0.05, 0) is 51.3 Å². The normalized spacial score (nSPS) is 24.3. The Kier molecular flexibility index (Phi) is 5.31. The summed E-state index contributed by atoms with van der Waals surface area (Å²) in [5.41, 5.74) is 2.65. The minimum Gasteiger partial charge on any atom is -0.354 e. The van der Waals surface area contributed by atoms with Crippen LogP contribution in [0.2, 0.25) is 0 Å². The molecule has 148 valence electrons. The molecule has 1 N–H and O–H groups in total. The number of nitrogens with zero attached hydrogens (tertiary/aromatic N) is 3. The third-order valence-corrected chi connectivity index (χ3v) is 6.19. The number of aromatic nitrogens is 2. The Hall–Kier alpha value is -2.47. The summed E-state index contributed by atoms with van der Waals surface area (Å²) < 4.78 is 1.62. The van der Waals surface area contributed by atoms with E-state index >= 15 is 0 Å².